The molecule has 0 radical (unpaired) electrons. The summed E-state index contributed by atoms with van der Waals surface area (Å²) in [6.45, 7) is 6.05. The topological polar surface area (TPSA) is 67.2 Å². The van der Waals surface area contributed by atoms with Crippen molar-refractivity contribution in [3.8, 4) is 0 Å². The maximum Gasteiger partial charge on any atom is 0.336 e. The average molecular weight is 396 g/mol. The van der Waals surface area contributed by atoms with Crippen LogP contribution in [-0.2, 0) is 0 Å². The second-order valence-electron chi connectivity index (χ2n) is 6.46. The van der Waals surface area contributed by atoms with Crippen LogP contribution in [-0.4, -0.2) is 10.1 Å². The second-order valence-corrected chi connectivity index (χ2v) is 7.90. The highest BCUT2D eigenvalue weighted by Gasteiger charge is 2.09. The van der Waals surface area contributed by atoms with Crippen LogP contribution in [0.25, 0.3) is 21.2 Å². The van der Waals surface area contributed by atoms with Gasteiger partial charge in [0.25, 0.3) is 0 Å². The Labute approximate surface area is 165 Å². The quantitative estimate of drug-likeness (QED) is 0.362. The zero-order valence-electron chi connectivity index (χ0n) is 15.0. The lowest BCUT2D eigenvalue weighted by Crippen LogP contribution is -2.18. The van der Waals surface area contributed by atoms with Crippen LogP contribution in [0, 0.1) is 20.8 Å². The predicted octanol–water partition coefficient (Wildman–Crippen LogP) is 5.14. The number of anilines is 2. The number of hydrogen-bond donors (Lipinski definition) is 2. The summed E-state index contributed by atoms with van der Waals surface area (Å²) in [5.41, 5.74) is 5.20. The molecule has 0 aliphatic rings. The summed E-state index contributed by atoms with van der Waals surface area (Å²) in [4.78, 5) is 16.2. The van der Waals surface area contributed by atoms with Crippen molar-refractivity contribution in [1.29, 1.82) is 0 Å². The van der Waals surface area contributed by atoms with Crippen molar-refractivity contribution >= 4 is 60.7 Å². The first-order valence-corrected chi connectivity index (χ1v) is 9.62. The molecule has 0 saturated carbocycles. The Morgan fingerprint density at radius 1 is 1.04 bits per heavy atom. The first-order chi connectivity index (χ1) is 12.9. The smallest absolute Gasteiger partial charge is 0.336 e. The standard InChI is InChI=1S/C20H17N3O2S2/c1-10-6-15-17(7-11(10)2)27-20(22-15)23-19(26)21-13-4-5-14-12(3)8-18(24)25-16(14)9-13/h4-9H,1-3H3,(H2,21,22,23,26). The van der Waals surface area contributed by atoms with E-state index >= 15 is 0 Å². The van der Waals surface area contributed by atoms with Crippen LogP contribution < -0.4 is 16.3 Å². The number of nitrogens with one attached hydrogen (secondary N) is 2. The van der Waals surface area contributed by atoms with Gasteiger partial charge in [0.15, 0.2) is 10.2 Å². The summed E-state index contributed by atoms with van der Waals surface area (Å²) < 4.78 is 6.39. The van der Waals surface area contributed by atoms with E-state index in [2.05, 4.69) is 41.6 Å². The summed E-state index contributed by atoms with van der Waals surface area (Å²) in [7, 11) is 0. The molecule has 27 heavy (non-hydrogen) atoms. The SMILES string of the molecule is Cc1cc2nc(NC(=S)Nc3ccc4c(C)cc(=O)oc4c3)sc2cc1C. The fourth-order valence-corrected chi connectivity index (χ4v) is 4.12. The highest BCUT2D eigenvalue weighted by molar-refractivity contribution is 7.80. The van der Waals surface area contributed by atoms with Gasteiger partial charge in [0.2, 0.25) is 0 Å². The molecule has 0 saturated heterocycles. The second kappa shape index (κ2) is 6.75. The average Bonchev–Trinajstić information content (AvgIpc) is 2.95. The van der Waals surface area contributed by atoms with Crippen LogP contribution in [0.1, 0.15) is 16.7 Å². The van der Waals surface area contributed by atoms with E-state index in [1.54, 1.807) is 17.4 Å². The molecule has 2 N–H and O–H groups in total. The number of fused-ring (bicyclic) bond motifs is 2. The van der Waals surface area contributed by atoms with E-state index in [0.717, 1.165) is 32.0 Å². The lowest BCUT2D eigenvalue weighted by atomic mass is 10.1. The number of benzene rings is 2. The van der Waals surface area contributed by atoms with Gasteiger partial charge in [-0.15, -0.1) is 0 Å². The number of hydrogen-bond acceptors (Lipinski definition) is 5. The maximum atomic E-state index is 11.6. The van der Waals surface area contributed by atoms with Crippen molar-refractivity contribution in [2.75, 3.05) is 10.6 Å². The molecule has 0 atom stereocenters. The Hall–Kier alpha value is -2.77. The van der Waals surface area contributed by atoms with Crippen molar-refractivity contribution in [2.45, 2.75) is 20.8 Å². The Balaban J connectivity index is 1.55. The Morgan fingerprint density at radius 2 is 1.81 bits per heavy atom. The third-order valence-electron chi connectivity index (χ3n) is 4.43. The molecule has 0 unspecified atom stereocenters. The van der Waals surface area contributed by atoms with Gasteiger partial charge in [-0.1, -0.05) is 11.3 Å². The van der Waals surface area contributed by atoms with Gasteiger partial charge in [-0.25, -0.2) is 9.78 Å². The summed E-state index contributed by atoms with van der Waals surface area (Å²) in [6.07, 6.45) is 0. The summed E-state index contributed by atoms with van der Waals surface area (Å²) in [6, 6.07) is 11.3. The van der Waals surface area contributed by atoms with Gasteiger partial charge in [0.05, 0.1) is 10.2 Å². The fourth-order valence-electron chi connectivity index (χ4n) is 2.90. The van der Waals surface area contributed by atoms with E-state index in [4.69, 9.17) is 16.6 Å². The maximum absolute atomic E-state index is 11.6. The van der Waals surface area contributed by atoms with Gasteiger partial charge in [0.1, 0.15) is 5.58 Å². The minimum absolute atomic E-state index is 0.363. The Morgan fingerprint density at radius 3 is 2.63 bits per heavy atom. The molecule has 0 spiro atoms. The largest absolute Gasteiger partial charge is 0.423 e. The first kappa shape index (κ1) is 17.6. The van der Waals surface area contributed by atoms with Crippen molar-refractivity contribution in [1.82, 2.24) is 4.98 Å². The molecule has 0 bridgehead atoms. The molecule has 0 fully saturated rings. The molecular weight excluding hydrogens is 378 g/mol. The van der Waals surface area contributed by atoms with Gasteiger partial charge in [-0.2, -0.15) is 0 Å². The monoisotopic (exact) mass is 395 g/mol. The van der Waals surface area contributed by atoms with E-state index in [1.807, 2.05) is 19.1 Å². The lowest BCUT2D eigenvalue weighted by Gasteiger charge is -2.09. The van der Waals surface area contributed by atoms with Gasteiger partial charge in [0, 0.05) is 23.2 Å². The van der Waals surface area contributed by atoms with E-state index in [9.17, 15) is 4.79 Å². The van der Waals surface area contributed by atoms with Crippen LogP contribution in [0.4, 0.5) is 10.8 Å². The summed E-state index contributed by atoms with van der Waals surface area (Å²) in [5.74, 6) is 0. The minimum Gasteiger partial charge on any atom is -0.423 e. The molecule has 2 aromatic carbocycles. The van der Waals surface area contributed by atoms with Gasteiger partial charge in [-0.05, 0) is 73.9 Å². The summed E-state index contributed by atoms with van der Waals surface area (Å²) >= 11 is 6.96. The lowest BCUT2D eigenvalue weighted by molar-refractivity contribution is 0.560. The predicted molar refractivity (Wildman–Crippen MR) is 116 cm³/mol. The molecule has 0 aliphatic carbocycles. The van der Waals surface area contributed by atoms with Crippen molar-refractivity contribution in [3.05, 3.63) is 63.5 Å². The van der Waals surface area contributed by atoms with Gasteiger partial charge in [-0.3, -0.25) is 0 Å². The Kier molecular flexibility index (Phi) is 4.41. The molecule has 4 rings (SSSR count). The zero-order chi connectivity index (χ0) is 19.1. The van der Waals surface area contributed by atoms with E-state index < -0.39 is 0 Å². The number of nitrogens with zero attached hydrogens (tertiary/aromatic N) is 1. The molecule has 2 heterocycles. The van der Waals surface area contributed by atoms with Gasteiger partial charge >= 0.3 is 5.63 Å². The van der Waals surface area contributed by atoms with Crippen LogP contribution >= 0.6 is 23.6 Å². The number of rotatable bonds is 2. The third kappa shape index (κ3) is 3.56. The third-order valence-corrected chi connectivity index (χ3v) is 5.57. The number of aromatic nitrogens is 1. The highest BCUT2D eigenvalue weighted by atomic mass is 32.1. The first-order valence-electron chi connectivity index (χ1n) is 8.39. The van der Waals surface area contributed by atoms with E-state index in [1.165, 1.54) is 17.2 Å². The molecule has 5 nitrogen and oxygen atoms in total. The van der Waals surface area contributed by atoms with E-state index in [-0.39, 0.29) is 5.63 Å². The highest BCUT2D eigenvalue weighted by Crippen LogP contribution is 2.28. The normalized spacial score (nSPS) is 11.1. The van der Waals surface area contributed by atoms with Crippen molar-refractivity contribution in [2.24, 2.45) is 0 Å². The Bertz CT molecular complexity index is 1220. The molecule has 136 valence electrons. The van der Waals surface area contributed by atoms with Crippen LogP contribution in [0.5, 0.6) is 0 Å². The number of thiazole rings is 1. The molecule has 0 aliphatic heterocycles. The zero-order valence-corrected chi connectivity index (χ0v) is 16.7. The minimum atomic E-state index is -0.363. The molecule has 7 heteroatoms. The van der Waals surface area contributed by atoms with Crippen LogP contribution in [0.3, 0.4) is 0 Å². The van der Waals surface area contributed by atoms with Gasteiger partial charge < -0.3 is 15.1 Å². The molecule has 4 aromatic rings. The van der Waals surface area contributed by atoms with Crippen LogP contribution in [0.2, 0.25) is 0 Å². The molecule has 0 amide bonds. The molecular formula is C20H17N3O2S2. The van der Waals surface area contributed by atoms with Crippen LogP contribution in [0.15, 0.2) is 45.6 Å². The van der Waals surface area contributed by atoms with Crippen molar-refractivity contribution in [3.63, 3.8) is 0 Å². The number of aryl methyl sites for hydroxylation is 3. The van der Waals surface area contributed by atoms with E-state index in [0.29, 0.717) is 10.7 Å². The number of thiocarbonyl (C=S) groups is 1. The molecule has 2 aromatic heterocycles. The fraction of sp³-hybridized carbons (Fsp3) is 0.150. The van der Waals surface area contributed by atoms with Crippen molar-refractivity contribution < 1.29 is 4.42 Å². The summed E-state index contributed by atoms with van der Waals surface area (Å²) in [5, 5.41) is 8.30.